The molecule has 1 saturated carbocycles. The number of Topliss-reactive ketones (excluding diaryl/α,β-unsaturated/α-hetero) is 1. The molecule has 0 aliphatic heterocycles. The number of benzene rings is 1. The van der Waals surface area contributed by atoms with Crippen molar-refractivity contribution in [2.45, 2.75) is 120 Å². The maximum Gasteiger partial charge on any atom is 0.416 e. The molecule has 0 atom stereocenters. The van der Waals surface area contributed by atoms with E-state index in [-0.39, 0.29) is 11.0 Å². The van der Waals surface area contributed by atoms with Crippen LogP contribution in [0, 0.1) is 18.3 Å². The topological polar surface area (TPSA) is 49.7 Å². The van der Waals surface area contributed by atoms with Crippen LogP contribution >= 0.6 is 0 Å². The minimum Gasteiger partial charge on any atom is -0.386 e. The van der Waals surface area contributed by atoms with Gasteiger partial charge in [-0.15, -0.1) is 0 Å². The zero-order valence-electron chi connectivity index (χ0n) is 22.9. The fourth-order valence-electron chi connectivity index (χ4n) is 3.17. The Bertz CT molecular complexity index is 809. The smallest absolute Gasteiger partial charge is 0.386 e. The van der Waals surface area contributed by atoms with Crippen LogP contribution in [-0.2, 0) is 16.6 Å². The number of nitrogens with zero attached hydrogens (tertiary/aromatic N) is 1. The summed E-state index contributed by atoms with van der Waals surface area (Å²) in [7, 11) is 0. The van der Waals surface area contributed by atoms with E-state index in [2.05, 4.69) is 32.7 Å². The lowest BCUT2D eigenvalue weighted by molar-refractivity contribution is -0.140. The number of alkyl halides is 3. The Hall–Kier alpha value is -1.69. The minimum atomic E-state index is -4.50. The molecular weight excluding hydrogens is 439 g/mol. The van der Waals surface area contributed by atoms with Gasteiger partial charge in [0.05, 0.1) is 16.9 Å². The second kappa shape index (κ2) is 13.4. The first-order chi connectivity index (χ1) is 15.3. The van der Waals surface area contributed by atoms with Crippen molar-refractivity contribution in [3.8, 4) is 0 Å². The maximum atomic E-state index is 13.1. The third kappa shape index (κ3) is 12.7. The van der Waals surface area contributed by atoms with Crippen LogP contribution in [0.3, 0.4) is 0 Å². The highest BCUT2D eigenvalue weighted by atomic mass is 19.4. The minimum absolute atomic E-state index is 0.154. The number of rotatable bonds is 5. The van der Waals surface area contributed by atoms with E-state index in [1.165, 1.54) is 39.2 Å². The molecule has 0 bridgehead atoms. The fourth-order valence-corrected chi connectivity index (χ4v) is 3.17. The molecule has 0 heterocycles. The molecule has 34 heavy (non-hydrogen) atoms. The van der Waals surface area contributed by atoms with E-state index in [4.69, 9.17) is 0 Å². The number of aliphatic imine (C=N–C) groups is 1. The second-order valence-corrected chi connectivity index (χ2v) is 11.1. The number of halogens is 3. The lowest BCUT2D eigenvalue weighted by Gasteiger charge is -2.24. The van der Waals surface area contributed by atoms with Crippen molar-refractivity contribution in [3.05, 3.63) is 28.8 Å². The van der Waals surface area contributed by atoms with Crippen LogP contribution in [0.5, 0.6) is 0 Å². The first-order valence-electron chi connectivity index (χ1n) is 12.3. The van der Waals surface area contributed by atoms with E-state index in [1.807, 2.05) is 20.8 Å². The Morgan fingerprint density at radius 3 is 1.79 bits per heavy atom. The van der Waals surface area contributed by atoms with Crippen molar-refractivity contribution in [3.63, 3.8) is 0 Å². The fraction of sp³-hybridized carbons (Fsp3) is 0.714. The van der Waals surface area contributed by atoms with Gasteiger partial charge in [0.1, 0.15) is 5.78 Å². The molecule has 6 heteroatoms. The molecule has 1 aliphatic carbocycles. The third-order valence-electron chi connectivity index (χ3n) is 5.64. The van der Waals surface area contributed by atoms with Gasteiger partial charge in [0, 0.05) is 18.6 Å². The van der Waals surface area contributed by atoms with Gasteiger partial charge in [-0.05, 0) is 68.7 Å². The highest BCUT2D eigenvalue weighted by molar-refractivity contribution is 5.84. The molecular formula is C28H46F3NO2. The molecule has 196 valence electrons. The number of aryl methyl sites for hydroxylation is 1. The lowest BCUT2D eigenvalue weighted by Crippen LogP contribution is -2.22. The third-order valence-corrected chi connectivity index (χ3v) is 5.64. The molecule has 1 fully saturated rings. The molecule has 1 aliphatic rings. The Labute approximate surface area is 205 Å². The zero-order chi connectivity index (χ0) is 26.9. The largest absolute Gasteiger partial charge is 0.416 e. The van der Waals surface area contributed by atoms with Crippen LogP contribution in [0.4, 0.5) is 18.9 Å². The SMILES string of the molecule is CC1CCC1.CCC(=O)CC(C)(C)C.CCC(C)=Nc1cc(C(C)(C)O)c(C(F)(F)F)cc1C. The van der Waals surface area contributed by atoms with Crippen LogP contribution in [0.15, 0.2) is 17.1 Å². The standard InChI is InChI=1S/C15H20F3NO.C8H16O.C5H10/c1-6-10(3)19-13-8-11(14(4,5)20)12(7-9(13)2)15(16,17)18;1-5-7(9)6-8(2,3)4;1-5-3-2-4-5/h7-8,20H,6H2,1-5H3;5-6H2,1-4H3;5H,2-4H2,1H3. The number of carbonyl (C=O) groups excluding carboxylic acids is 1. The van der Waals surface area contributed by atoms with Crippen LogP contribution in [0.2, 0.25) is 0 Å². The number of hydrogen-bond donors (Lipinski definition) is 1. The van der Waals surface area contributed by atoms with Crippen LogP contribution in [-0.4, -0.2) is 16.6 Å². The Morgan fingerprint density at radius 2 is 1.53 bits per heavy atom. The first-order valence-corrected chi connectivity index (χ1v) is 12.3. The van der Waals surface area contributed by atoms with E-state index in [9.17, 15) is 23.1 Å². The summed E-state index contributed by atoms with van der Waals surface area (Å²) >= 11 is 0. The van der Waals surface area contributed by atoms with Crippen molar-refractivity contribution < 1.29 is 23.1 Å². The monoisotopic (exact) mass is 485 g/mol. The highest BCUT2D eigenvalue weighted by Gasteiger charge is 2.37. The molecule has 0 aromatic heterocycles. The van der Waals surface area contributed by atoms with Gasteiger partial charge in [-0.2, -0.15) is 13.2 Å². The summed E-state index contributed by atoms with van der Waals surface area (Å²) in [6.07, 6.45) is 2.07. The Morgan fingerprint density at radius 1 is 1.03 bits per heavy atom. The Kier molecular flexibility index (Phi) is 12.7. The lowest BCUT2D eigenvalue weighted by atomic mass is 9.88. The summed E-state index contributed by atoms with van der Waals surface area (Å²) < 4.78 is 39.2. The molecule has 0 saturated heterocycles. The zero-order valence-corrected chi connectivity index (χ0v) is 22.9. The molecule has 1 aromatic carbocycles. The van der Waals surface area contributed by atoms with Gasteiger partial charge < -0.3 is 5.11 Å². The summed E-state index contributed by atoms with van der Waals surface area (Å²) in [5, 5.41) is 9.99. The summed E-state index contributed by atoms with van der Waals surface area (Å²) in [6, 6.07) is 2.38. The van der Waals surface area contributed by atoms with Gasteiger partial charge in [0.2, 0.25) is 0 Å². The van der Waals surface area contributed by atoms with E-state index in [0.29, 0.717) is 29.9 Å². The van der Waals surface area contributed by atoms with Gasteiger partial charge in [0.15, 0.2) is 0 Å². The Balaban J connectivity index is 0.000000634. The van der Waals surface area contributed by atoms with Gasteiger partial charge in [0.25, 0.3) is 0 Å². The summed E-state index contributed by atoms with van der Waals surface area (Å²) in [6.45, 7) is 18.5. The average Bonchev–Trinajstić information content (AvgIpc) is 2.65. The van der Waals surface area contributed by atoms with Gasteiger partial charge in [-0.3, -0.25) is 9.79 Å². The van der Waals surface area contributed by atoms with E-state index < -0.39 is 17.3 Å². The number of aliphatic hydroxyl groups is 1. The van der Waals surface area contributed by atoms with Crippen molar-refractivity contribution in [2.24, 2.45) is 16.3 Å². The second-order valence-electron chi connectivity index (χ2n) is 11.1. The predicted molar refractivity (Wildman–Crippen MR) is 137 cm³/mol. The predicted octanol–water partition coefficient (Wildman–Crippen LogP) is 8.95. The van der Waals surface area contributed by atoms with Gasteiger partial charge in [-0.1, -0.05) is 60.8 Å². The van der Waals surface area contributed by atoms with E-state index in [1.54, 1.807) is 6.92 Å². The summed E-state index contributed by atoms with van der Waals surface area (Å²) in [5.41, 5.74) is -0.633. The van der Waals surface area contributed by atoms with E-state index >= 15 is 0 Å². The first kappa shape index (κ1) is 32.3. The van der Waals surface area contributed by atoms with Crippen LogP contribution in [0.25, 0.3) is 0 Å². The van der Waals surface area contributed by atoms with Crippen LogP contribution < -0.4 is 0 Å². The molecule has 0 radical (unpaired) electrons. The van der Waals surface area contributed by atoms with Crippen molar-refractivity contribution >= 4 is 17.2 Å². The number of ketones is 1. The van der Waals surface area contributed by atoms with Gasteiger partial charge >= 0.3 is 6.18 Å². The number of hydrogen-bond acceptors (Lipinski definition) is 3. The summed E-state index contributed by atoms with van der Waals surface area (Å²) in [5.74, 6) is 1.43. The normalized spacial score (nSPS) is 14.9. The van der Waals surface area contributed by atoms with E-state index in [0.717, 1.165) is 24.1 Å². The quantitative estimate of drug-likeness (QED) is 0.423. The maximum absolute atomic E-state index is 13.1. The molecule has 0 unspecified atom stereocenters. The average molecular weight is 486 g/mol. The molecule has 0 amide bonds. The number of carbonyl (C=O) groups is 1. The van der Waals surface area contributed by atoms with Crippen LogP contribution in [0.1, 0.15) is 118 Å². The van der Waals surface area contributed by atoms with Gasteiger partial charge in [-0.25, -0.2) is 0 Å². The molecule has 1 N–H and O–H groups in total. The highest BCUT2D eigenvalue weighted by Crippen LogP contribution is 2.40. The van der Waals surface area contributed by atoms with Crippen molar-refractivity contribution in [1.29, 1.82) is 0 Å². The van der Waals surface area contributed by atoms with Crippen molar-refractivity contribution in [1.82, 2.24) is 0 Å². The summed E-state index contributed by atoms with van der Waals surface area (Å²) in [4.78, 5) is 15.1. The molecule has 2 rings (SSSR count). The molecule has 3 nitrogen and oxygen atoms in total. The van der Waals surface area contributed by atoms with Crippen molar-refractivity contribution in [2.75, 3.05) is 0 Å². The molecule has 0 spiro atoms. The molecule has 1 aromatic rings.